The highest BCUT2D eigenvalue weighted by Gasteiger charge is 2.40. The van der Waals surface area contributed by atoms with E-state index in [1.165, 1.54) is 10.2 Å². The van der Waals surface area contributed by atoms with Crippen molar-refractivity contribution in [2.75, 3.05) is 11.9 Å². The molecule has 0 aliphatic heterocycles. The molecular formula is C19H21N5O2S. The minimum absolute atomic E-state index is 0.181. The smallest absolute Gasteiger partial charge is 0.290 e. The van der Waals surface area contributed by atoms with E-state index in [2.05, 4.69) is 32.5 Å². The molecule has 0 amide bonds. The van der Waals surface area contributed by atoms with Gasteiger partial charge in [0.2, 0.25) is 5.88 Å². The number of rotatable bonds is 7. The summed E-state index contributed by atoms with van der Waals surface area (Å²) in [5, 5.41) is 7.35. The van der Waals surface area contributed by atoms with Crippen molar-refractivity contribution >= 4 is 17.0 Å². The summed E-state index contributed by atoms with van der Waals surface area (Å²) in [6.07, 6.45) is 4.76. The summed E-state index contributed by atoms with van der Waals surface area (Å²) in [4.78, 5) is 21.9. The number of aromatic nitrogens is 4. The van der Waals surface area contributed by atoms with Gasteiger partial charge in [-0.2, -0.15) is 0 Å². The normalized spacial score (nSPS) is 18.3. The number of aryl methyl sites for hydroxylation is 2. The third kappa shape index (κ3) is 4.16. The first-order valence-electron chi connectivity index (χ1n) is 8.85. The van der Waals surface area contributed by atoms with Gasteiger partial charge in [0, 0.05) is 47.9 Å². The lowest BCUT2D eigenvalue weighted by atomic mass is 10.2. The SMILES string of the molecule is Cc1ccc([C@H]2C[C@@H]2COc2cc(NCc3cncs3)c(=O)n(C)n2)nc1. The van der Waals surface area contributed by atoms with E-state index in [1.807, 2.05) is 13.1 Å². The molecule has 4 rings (SSSR count). The van der Waals surface area contributed by atoms with Gasteiger partial charge in [-0.15, -0.1) is 16.4 Å². The molecule has 3 aromatic rings. The van der Waals surface area contributed by atoms with E-state index in [1.54, 1.807) is 36.2 Å². The van der Waals surface area contributed by atoms with Crippen LogP contribution in [0.25, 0.3) is 0 Å². The van der Waals surface area contributed by atoms with Crippen LogP contribution in [-0.4, -0.2) is 26.4 Å². The lowest BCUT2D eigenvalue weighted by Crippen LogP contribution is -2.24. The molecule has 0 radical (unpaired) electrons. The second-order valence-electron chi connectivity index (χ2n) is 6.82. The fourth-order valence-corrected chi connectivity index (χ4v) is 3.51. The summed E-state index contributed by atoms with van der Waals surface area (Å²) in [7, 11) is 1.63. The quantitative estimate of drug-likeness (QED) is 0.676. The first-order chi connectivity index (χ1) is 13.1. The summed E-state index contributed by atoms with van der Waals surface area (Å²) in [5.74, 6) is 1.33. The number of anilines is 1. The van der Waals surface area contributed by atoms with Crippen molar-refractivity contribution in [3.05, 3.63) is 62.6 Å². The van der Waals surface area contributed by atoms with Crippen LogP contribution >= 0.6 is 11.3 Å². The van der Waals surface area contributed by atoms with Crippen LogP contribution in [0.3, 0.4) is 0 Å². The van der Waals surface area contributed by atoms with Crippen molar-refractivity contribution < 1.29 is 4.74 Å². The van der Waals surface area contributed by atoms with Gasteiger partial charge >= 0.3 is 0 Å². The van der Waals surface area contributed by atoms with Gasteiger partial charge in [-0.1, -0.05) is 6.07 Å². The zero-order valence-corrected chi connectivity index (χ0v) is 16.1. The Kier molecular flexibility index (Phi) is 4.89. The molecule has 0 saturated heterocycles. The number of hydrogen-bond donors (Lipinski definition) is 1. The van der Waals surface area contributed by atoms with Crippen LogP contribution in [0.1, 0.15) is 28.5 Å². The first kappa shape index (κ1) is 17.7. The standard InChI is InChI=1S/C19H21N5O2S/c1-12-3-4-16(21-7-12)15-5-13(15)10-26-18-6-17(19(25)24(2)23-18)22-9-14-8-20-11-27-14/h3-4,6-8,11,13,15,22H,5,9-10H2,1-2H3/t13-,15+/m1/s1. The second kappa shape index (κ2) is 7.48. The molecule has 1 saturated carbocycles. The third-order valence-electron chi connectivity index (χ3n) is 4.66. The predicted octanol–water partition coefficient (Wildman–Crippen LogP) is 2.73. The molecule has 140 valence electrons. The monoisotopic (exact) mass is 383 g/mol. The van der Waals surface area contributed by atoms with E-state index in [0.717, 1.165) is 17.0 Å². The van der Waals surface area contributed by atoms with Gasteiger partial charge in [0.1, 0.15) is 5.69 Å². The number of ether oxygens (including phenoxy) is 1. The maximum Gasteiger partial charge on any atom is 0.290 e. The van der Waals surface area contributed by atoms with Gasteiger partial charge in [-0.05, 0) is 25.0 Å². The summed E-state index contributed by atoms with van der Waals surface area (Å²) in [6.45, 7) is 3.16. The highest BCUT2D eigenvalue weighted by Crippen LogP contribution is 2.46. The van der Waals surface area contributed by atoms with Gasteiger partial charge in [-0.25, -0.2) is 4.68 Å². The summed E-state index contributed by atoms with van der Waals surface area (Å²) < 4.78 is 7.17. The van der Waals surface area contributed by atoms with E-state index in [0.29, 0.717) is 36.6 Å². The number of nitrogens with zero attached hydrogens (tertiary/aromatic N) is 4. The molecule has 27 heavy (non-hydrogen) atoms. The van der Waals surface area contributed by atoms with Crippen LogP contribution in [0.2, 0.25) is 0 Å². The Hall–Kier alpha value is -2.74. The van der Waals surface area contributed by atoms with Gasteiger partial charge in [0.25, 0.3) is 5.56 Å². The lowest BCUT2D eigenvalue weighted by molar-refractivity contribution is 0.278. The zero-order valence-electron chi connectivity index (χ0n) is 15.3. The Morgan fingerprint density at radius 3 is 3.00 bits per heavy atom. The molecule has 8 heteroatoms. The van der Waals surface area contributed by atoms with Crippen LogP contribution in [0.4, 0.5) is 5.69 Å². The zero-order chi connectivity index (χ0) is 18.8. The summed E-state index contributed by atoms with van der Waals surface area (Å²) in [5.41, 5.74) is 4.35. The average molecular weight is 383 g/mol. The van der Waals surface area contributed by atoms with Crippen LogP contribution in [0.5, 0.6) is 5.88 Å². The van der Waals surface area contributed by atoms with E-state index in [-0.39, 0.29) is 5.56 Å². The van der Waals surface area contributed by atoms with Crippen molar-refractivity contribution in [3.63, 3.8) is 0 Å². The van der Waals surface area contributed by atoms with Crippen LogP contribution in [0, 0.1) is 12.8 Å². The summed E-state index contributed by atoms with van der Waals surface area (Å²) >= 11 is 1.54. The molecule has 1 aliphatic rings. The first-order valence-corrected chi connectivity index (χ1v) is 9.73. The van der Waals surface area contributed by atoms with Gasteiger partial charge in [0.15, 0.2) is 0 Å². The molecule has 1 fully saturated rings. The molecule has 7 nitrogen and oxygen atoms in total. The molecule has 0 unspecified atom stereocenters. The van der Waals surface area contributed by atoms with Gasteiger partial charge < -0.3 is 10.1 Å². The Bertz CT molecular complexity index is 969. The Morgan fingerprint density at radius 1 is 1.37 bits per heavy atom. The third-order valence-corrected chi connectivity index (χ3v) is 5.44. The van der Waals surface area contributed by atoms with Gasteiger partial charge in [0.05, 0.1) is 18.7 Å². The molecule has 1 aliphatic carbocycles. The number of nitrogens with one attached hydrogen (secondary N) is 1. The molecular weight excluding hydrogens is 362 g/mol. The maximum absolute atomic E-state index is 12.3. The van der Waals surface area contributed by atoms with E-state index in [4.69, 9.17) is 4.74 Å². The Balaban J connectivity index is 1.37. The number of hydrogen-bond acceptors (Lipinski definition) is 7. The summed E-state index contributed by atoms with van der Waals surface area (Å²) in [6, 6.07) is 5.85. The van der Waals surface area contributed by atoms with E-state index < -0.39 is 0 Å². The van der Waals surface area contributed by atoms with Crippen LogP contribution in [-0.2, 0) is 13.6 Å². The van der Waals surface area contributed by atoms with Crippen molar-refractivity contribution in [1.82, 2.24) is 19.7 Å². The average Bonchev–Trinajstić information content (AvgIpc) is 3.25. The maximum atomic E-state index is 12.3. The minimum Gasteiger partial charge on any atom is -0.476 e. The highest BCUT2D eigenvalue weighted by atomic mass is 32.1. The van der Waals surface area contributed by atoms with E-state index in [9.17, 15) is 4.79 Å². The lowest BCUT2D eigenvalue weighted by Gasteiger charge is -2.10. The molecule has 3 aromatic heterocycles. The fraction of sp³-hybridized carbons (Fsp3) is 0.368. The number of thiazole rings is 1. The second-order valence-corrected chi connectivity index (χ2v) is 7.79. The van der Waals surface area contributed by atoms with Crippen molar-refractivity contribution in [2.45, 2.75) is 25.8 Å². The largest absolute Gasteiger partial charge is 0.476 e. The molecule has 3 heterocycles. The van der Waals surface area contributed by atoms with E-state index >= 15 is 0 Å². The molecule has 0 bridgehead atoms. The Morgan fingerprint density at radius 2 is 2.26 bits per heavy atom. The molecule has 2 atom stereocenters. The number of pyridine rings is 1. The van der Waals surface area contributed by atoms with Crippen LogP contribution in [0.15, 0.2) is 40.9 Å². The van der Waals surface area contributed by atoms with Gasteiger partial charge in [-0.3, -0.25) is 14.8 Å². The molecule has 1 N–H and O–H groups in total. The van der Waals surface area contributed by atoms with Crippen molar-refractivity contribution in [1.29, 1.82) is 0 Å². The molecule has 0 spiro atoms. The highest BCUT2D eigenvalue weighted by molar-refractivity contribution is 7.09. The topological polar surface area (TPSA) is 81.9 Å². The van der Waals surface area contributed by atoms with Crippen LogP contribution < -0.4 is 15.6 Å². The van der Waals surface area contributed by atoms with Crippen molar-refractivity contribution in [3.8, 4) is 5.88 Å². The van der Waals surface area contributed by atoms with Crippen molar-refractivity contribution in [2.24, 2.45) is 13.0 Å². The molecule has 0 aromatic carbocycles. The fourth-order valence-electron chi connectivity index (χ4n) is 2.98. The predicted molar refractivity (Wildman–Crippen MR) is 104 cm³/mol. The Labute approximate surface area is 161 Å². The minimum atomic E-state index is -0.181.